The number of aliphatic hydroxyl groups is 1. The highest BCUT2D eigenvalue weighted by Gasteiger charge is 2.15. The number of pyridine rings is 1. The van der Waals surface area contributed by atoms with Crippen LogP contribution in [0, 0.1) is 12.8 Å². The quantitative estimate of drug-likeness (QED) is 0.854. The van der Waals surface area contributed by atoms with Gasteiger partial charge in [-0.25, -0.2) is 4.98 Å². The molecule has 96 valence electrons. The second kappa shape index (κ2) is 6.01. The first-order valence-corrected chi connectivity index (χ1v) is 6.28. The van der Waals surface area contributed by atoms with Crippen molar-refractivity contribution in [2.45, 2.75) is 47.3 Å². The van der Waals surface area contributed by atoms with E-state index in [-0.39, 0.29) is 6.61 Å². The number of hydrogen-bond acceptors (Lipinski definition) is 3. The highest BCUT2D eigenvalue weighted by molar-refractivity contribution is 5.48. The Morgan fingerprint density at radius 1 is 1.29 bits per heavy atom. The van der Waals surface area contributed by atoms with Crippen LogP contribution in [-0.4, -0.2) is 22.7 Å². The average Bonchev–Trinajstić information content (AvgIpc) is 2.25. The minimum Gasteiger partial charge on any atom is -0.392 e. The van der Waals surface area contributed by atoms with Crippen LogP contribution in [0.5, 0.6) is 0 Å². The van der Waals surface area contributed by atoms with Crippen LogP contribution in [0.2, 0.25) is 0 Å². The highest BCUT2D eigenvalue weighted by Crippen LogP contribution is 2.21. The summed E-state index contributed by atoms with van der Waals surface area (Å²) in [5.41, 5.74) is 2.01. The Balaban J connectivity index is 3.01. The van der Waals surface area contributed by atoms with Gasteiger partial charge in [0.1, 0.15) is 5.82 Å². The Labute approximate surface area is 104 Å². The van der Waals surface area contributed by atoms with Gasteiger partial charge in [-0.15, -0.1) is 0 Å². The van der Waals surface area contributed by atoms with Gasteiger partial charge in [0.05, 0.1) is 6.61 Å². The molecule has 1 aromatic rings. The molecule has 17 heavy (non-hydrogen) atoms. The van der Waals surface area contributed by atoms with Crippen LogP contribution in [-0.2, 0) is 6.61 Å². The molecule has 0 atom stereocenters. The maximum Gasteiger partial charge on any atom is 0.131 e. The van der Waals surface area contributed by atoms with Gasteiger partial charge in [-0.05, 0) is 43.9 Å². The van der Waals surface area contributed by atoms with E-state index in [9.17, 15) is 0 Å². The van der Waals surface area contributed by atoms with Gasteiger partial charge in [0.2, 0.25) is 0 Å². The third kappa shape index (κ3) is 3.70. The Kier molecular flexibility index (Phi) is 4.94. The summed E-state index contributed by atoms with van der Waals surface area (Å²) < 4.78 is 0. The molecule has 0 aliphatic rings. The smallest absolute Gasteiger partial charge is 0.131 e. The third-order valence-electron chi connectivity index (χ3n) is 2.75. The molecule has 0 aliphatic carbocycles. The molecule has 0 unspecified atom stereocenters. The molecule has 3 heteroatoms. The molecule has 0 saturated carbocycles. The molecule has 0 aliphatic heterocycles. The first-order valence-electron chi connectivity index (χ1n) is 6.28. The molecule has 3 nitrogen and oxygen atoms in total. The molecule has 0 radical (unpaired) electrons. The van der Waals surface area contributed by atoms with E-state index in [1.807, 2.05) is 6.07 Å². The number of anilines is 1. The van der Waals surface area contributed by atoms with E-state index >= 15 is 0 Å². The van der Waals surface area contributed by atoms with Crippen LogP contribution in [0.1, 0.15) is 38.8 Å². The molecule has 0 aromatic carbocycles. The molecule has 1 rings (SSSR count). The topological polar surface area (TPSA) is 36.4 Å². The van der Waals surface area contributed by atoms with Crippen LogP contribution in [0.15, 0.2) is 12.3 Å². The van der Waals surface area contributed by atoms with Crippen LogP contribution < -0.4 is 4.90 Å². The zero-order valence-electron chi connectivity index (χ0n) is 11.6. The third-order valence-corrected chi connectivity index (χ3v) is 2.75. The van der Waals surface area contributed by atoms with Gasteiger partial charge in [0.15, 0.2) is 0 Å². The Morgan fingerprint density at radius 3 is 2.35 bits per heavy atom. The second-order valence-electron chi connectivity index (χ2n) is 5.28. The van der Waals surface area contributed by atoms with E-state index in [1.54, 1.807) is 6.20 Å². The number of nitrogens with zero attached hydrogens (tertiary/aromatic N) is 2. The molecule has 1 aromatic heterocycles. The van der Waals surface area contributed by atoms with E-state index < -0.39 is 0 Å². The monoisotopic (exact) mass is 236 g/mol. The van der Waals surface area contributed by atoms with Crippen molar-refractivity contribution in [3.05, 3.63) is 23.4 Å². The summed E-state index contributed by atoms with van der Waals surface area (Å²) >= 11 is 0. The summed E-state index contributed by atoms with van der Waals surface area (Å²) in [7, 11) is 0. The summed E-state index contributed by atoms with van der Waals surface area (Å²) in [5, 5.41) is 9.09. The fourth-order valence-corrected chi connectivity index (χ4v) is 1.95. The number of hydrogen-bond donors (Lipinski definition) is 1. The predicted octanol–water partition coefficient (Wildman–Crippen LogP) is 2.75. The van der Waals surface area contributed by atoms with Gasteiger partial charge in [0, 0.05) is 18.8 Å². The lowest BCUT2D eigenvalue weighted by atomic mass is 10.1. The normalized spacial score (nSPS) is 11.3. The van der Waals surface area contributed by atoms with Crippen LogP contribution in [0.4, 0.5) is 5.82 Å². The summed E-state index contributed by atoms with van der Waals surface area (Å²) in [6.45, 7) is 11.9. The first kappa shape index (κ1) is 14.0. The summed E-state index contributed by atoms with van der Waals surface area (Å²) in [5.74, 6) is 1.64. The number of aromatic nitrogens is 1. The van der Waals surface area contributed by atoms with Crippen LogP contribution in [0.3, 0.4) is 0 Å². The lowest BCUT2D eigenvalue weighted by Crippen LogP contribution is -2.35. The zero-order chi connectivity index (χ0) is 13.0. The van der Waals surface area contributed by atoms with E-state index in [0.29, 0.717) is 12.0 Å². The van der Waals surface area contributed by atoms with E-state index in [2.05, 4.69) is 44.5 Å². The molecule has 0 fully saturated rings. The molecule has 1 heterocycles. The van der Waals surface area contributed by atoms with Crippen molar-refractivity contribution in [1.82, 2.24) is 4.98 Å². The SMILES string of the molecule is Cc1cc(CO)cnc1N(CC(C)C)C(C)C. The van der Waals surface area contributed by atoms with E-state index in [0.717, 1.165) is 23.5 Å². The van der Waals surface area contributed by atoms with Gasteiger partial charge in [-0.2, -0.15) is 0 Å². The van der Waals surface area contributed by atoms with Crippen molar-refractivity contribution in [3.63, 3.8) is 0 Å². The number of aliphatic hydroxyl groups excluding tert-OH is 1. The molecular formula is C14H24N2O. The van der Waals surface area contributed by atoms with Crippen LogP contribution in [0.25, 0.3) is 0 Å². The maximum atomic E-state index is 9.09. The summed E-state index contributed by atoms with van der Waals surface area (Å²) in [6.07, 6.45) is 1.76. The zero-order valence-corrected chi connectivity index (χ0v) is 11.6. The van der Waals surface area contributed by atoms with Crippen molar-refractivity contribution < 1.29 is 5.11 Å². The minimum absolute atomic E-state index is 0.0555. The van der Waals surface area contributed by atoms with Crippen molar-refractivity contribution in [2.75, 3.05) is 11.4 Å². The van der Waals surface area contributed by atoms with Gasteiger partial charge in [-0.1, -0.05) is 13.8 Å². The lowest BCUT2D eigenvalue weighted by molar-refractivity contribution is 0.281. The molecule has 0 saturated heterocycles. The average molecular weight is 236 g/mol. The van der Waals surface area contributed by atoms with Crippen molar-refractivity contribution in [3.8, 4) is 0 Å². The van der Waals surface area contributed by atoms with Crippen molar-refractivity contribution in [2.24, 2.45) is 5.92 Å². The largest absolute Gasteiger partial charge is 0.392 e. The first-order chi connectivity index (χ1) is 7.95. The predicted molar refractivity (Wildman–Crippen MR) is 72.2 cm³/mol. The Bertz CT molecular complexity index is 361. The van der Waals surface area contributed by atoms with Gasteiger partial charge >= 0.3 is 0 Å². The Morgan fingerprint density at radius 2 is 1.94 bits per heavy atom. The van der Waals surface area contributed by atoms with E-state index in [1.165, 1.54) is 0 Å². The fourth-order valence-electron chi connectivity index (χ4n) is 1.95. The molecule has 0 bridgehead atoms. The van der Waals surface area contributed by atoms with Gasteiger partial charge in [0.25, 0.3) is 0 Å². The summed E-state index contributed by atoms with van der Waals surface area (Å²) in [4.78, 5) is 6.81. The van der Waals surface area contributed by atoms with Crippen molar-refractivity contribution in [1.29, 1.82) is 0 Å². The number of rotatable bonds is 5. The van der Waals surface area contributed by atoms with Gasteiger partial charge < -0.3 is 10.0 Å². The standard InChI is InChI=1S/C14H24N2O/c1-10(2)8-16(11(3)4)14-12(5)6-13(9-17)7-15-14/h6-7,10-11,17H,8-9H2,1-5H3. The number of aryl methyl sites for hydroxylation is 1. The molecule has 0 amide bonds. The second-order valence-corrected chi connectivity index (χ2v) is 5.28. The van der Waals surface area contributed by atoms with Crippen molar-refractivity contribution >= 4 is 5.82 Å². The lowest BCUT2D eigenvalue weighted by Gasteiger charge is -2.31. The summed E-state index contributed by atoms with van der Waals surface area (Å²) in [6, 6.07) is 2.45. The molecular weight excluding hydrogens is 212 g/mol. The fraction of sp³-hybridized carbons (Fsp3) is 0.643. The maximum absolute atomic E-state index is 9.09. The Hall–Kier alpha value is -1.09. The highest BCUT2D eigenvalue weighted by atomic mass is 16.3. The van der Waals surface area contributed by atoms with Crippen LogP contribution >= 0.6 is 0 Å². The van der Waals surface area contributed by atoms with E-state index in [4.69, 9.17) is 5.11 Å². The van der Waals surface area contributed by atoms with Gasteiger partial charge in [-0.3, -0.25) is 0 Å². The molecule has 0 spiro atoms. The molecule has 1 N–H and O–H groups in total. The minimum atomic E-state index is 0.0555.